The van der Waals surface area contributed by atoms with E-state index in [0.717, 1.165) is 12.0 Å². The molecule has 1 heterocycles. The summed E-state index contributed by atoms with van der Waals surface area (Å²) >= 11 is 13.6. The van der Waals surface area contributed by atoms with Gasteiger partial charge in [-0.15, -0.1) is 11.8 Å². The van der Waals surface area contributed by atoms with Crippen LogP contribution >= 0.6 is 35.0 Å². The highest BCUT2D eigenvalue weighted by molar-refractivity contribution is 7.99. The van der Waals surface area contributed by atoms with Gasteiger partial charge >= 0.3 is 0 Å². The van der Waals surface area contributed by atoms with Crippen molar-refractivity contribution in [3.8, 4) is 0 Å². The summed E-state index contributed by atoms with van der Waals surface area (Å²) in [7, 11) is -3.73. The average Bonchev–Trinajstić information content (AvgIpc) is 3.17. The normalized spacial score (nSPS) is 13.8. The van der Waals surface area contributed by atoms with Gasteiger partial charge in [0, 0.05) is 34.5 Å². The molecule has 0 saturated heterocycles. The maximum absolute atomic E-state index is 12.5. The zero-order valence-electron chi connectivity index (χ0n) is 15.3. The molecule has 0 bridgehead atoms. The van der Waals surface area contributed by atoms with Crippen molar-refractivity contribution in [3.63, 3.8) is 0 Å². The van der Waals surface area contributed by atoms with Gasteiger partial charge in [0.15, 0.2) is 0 Å². The molecule has 0 fully saturated rings. The molecule has 0 saturated carbocycles. The van der Waals surface area contributed by atoms with Gasteiger partial charge in [0.2, 0.25) is 5.91 Å². The van der Waals surface area contributed by atoms with Crippen LogP contribution in [0.5, 0.6) is 0 Å². The zero-order valence-corrected chi connectivity index (χ0v) is 18.5. The van der Waals surface area contributed by atoms with Gasteiger partial charge in [-0.3, -0.25) is 14.5 Å². The summed E-state index contributed by atoms with van der Waals surface area (Å²) < 4.78 is 27.5. The minimum Gasteiger partial charge on any atom is -0.325 e. The zero-order chi connectivity index (χ0) is 20.9. The Kier molecular flexibility index (Phi) is 7.45. The van der Waals surface area contributed by atoms with E-state index in [1.54, 1.807) is 30.3 Å². The van der Waals surface area contributed by atoms with Gasteiger partial charge in [-0.2, -0.15) is 0 Å². The van der Waals surface area contributed by atoms with E-state index < -0.39 is 10.0 Å². The molecule has 1 amide bonds. The van der Waals surface area contributed by atoms with Gasteiger partial charge in [0.05, 0.1) is 10.6 Å². The molecular formula is C19H19Cl2N3O3S2. The molecule has 6 nitrogen and oxygen atoms in total. The molecule has 2 aromatic carbocycles. The first kappa shape index (κ1) is 22.0. The molecule has 1 aliphatic rings. The van der Waals surface area contributed by atoms with E-state index in [4.69, 9.17) is 23.2 Å². The third kappa shape index (κ3) is 6.12. The molecule has 2 aromatic rings. The topological polar surface area (TPSA) is 87.6 Å². The number of sulfonamides is 1. The van der Waals surface area contributed by atoms with Crippen LogP contribution in [-0.2, 0) is 20.6 Å². The van der Waals surface area contributed by atoms with Crippen molar-refractivity contribution in [1.82, 2.24) is 4.72 Å². The van der Waals surface area contributed by atoms with E-state index in [2.05, 4.69) is 15.0 Å². The average molecular weight is 472 g/mol. The van der Waals surface area contributed by atoms with Crippen LogP contribution in [0, 0.1) is 0 Å². The highest BCUT2D eigenvalue weighted by Crippen LogP contribution is 2.28. The second-order valence-electron chi connectivity index (χ2n) is 6.31. The molecule has 154 valence electrons. The number of halogens is 2. The van der Waals surface area contributed by atoms with Crippen LogP contribution in [-0.4, -0.2) is 32.5 Å². The minimum atomic E-state index is -3.73. The number of carbonyl (C=O) groups excluding carboxylic acids is 1. The summed E-state index contributed by atoms with van der Waals surface area (Å²) in [4.78, 5) is 16.4. The van der Waals surface area contributed by atoms with Crippen molar-refractivity contribution >= 4 is 62.4 Å². The SMILES string of the molecule is O=C(CSCc1c(Cl)cccc1Cl)Nc1cccc(S(=O)(=O)NC2=NCCC2)c1. The first-order chi connectivity index (χ1) is 13.8. The number of hydrogen-bond donors (Lipinski definition) is 2. The van der Waals surface area contributed by atoms with Gasteiger partial charge in [0.1, 0.15) is 5.84 Å². The lowest BCUT2D eigenvalue weighted by Gasteiger charge is -2.10. The molecular weight excluding hydrogens is 453 g/mol. The fraction of sp³-hybridized carbons (Fsp3) is 0.263. The van der Waals surface area contributed by atoms with Crippen molar-refractivity contribution in [3.05, 3.63) is 58.1 Å². The second-order valence-corrected chi connectivity index (χ2v) is 9.79. The van der Waals surface area contributed by atoms with Crippen molar-refractivity contribution in [2.45, 2.75) is 23.5 Å². The fourth-order valence-electron chi connectivity index (χ4n) is 2.69. The van der Waals surface area contributed by atoms with E-state index in [-0.39, 0.29) is 16.6 Å². The van der Waals surface area contributed by atoms with Gasteiger partial charge < -0.3 is 5.32 Å². The van der Waals surface area contributed by atoms with Crippen LogP contribution in [0.1, 0.15) is 18.4 Å². The highest BCUT2D eigenvalue weighted by Gasteiger charge is 2.18. The molecule has 29 heavy (non-hydrogen) atoms. The van der Waals surface area contributed by atoms with E-state index in [9.17, 15) is 13.2 Å². The quantitative estimate of drug-likeness (QED) is 0.628. The Balaban J connectivity index is 1.57. The standard InChI is InChI=1S/C19H19Cl2N3O3S2/c20-16-6-2-7-17(21)15(16)11-28-12-19(25)23-13-4-1-5-14(10-13)29(26,27)24-18-8-3-9-22-18/h1-2,4-7,10H,3,8-9,11-12H2,(H,22,24)(H,23,25). The number of thioether (sulfide) groups is 1. The monoisotopic (exact) mass is 471 g/mol. The Morgan fingerprint density at radius 1 is 1.14 bits per heavy atom. The van der Waals surface area contributed by atoms with Gasteiger partial charge in [-0.05, 0) is 42.3 Å². The van der Waals surface area contributed by atoms with Crippen molar-refractivity contribution in [2.75, 3.05) is 17.6 Å². The van der Waals surface area contributed by atoms with Crippen molar-refractivity contribution < 1.29 is 13.2 Å². The number of benzene rings is 2. The smallest absolute Gasteiger partial charge is 0.262 e. The molecule has 2 N–H and O–H groups in total. The lowest BCUT2D eigenvalue weighted by atomic mass is 10.2. The van der Waals surface area contributed by atoms with Crippen molar-refractivity contribution in [2.24, 2.45) is 4.99 Å². The van der Waals surface area contributed by atoms with Crippen molar-refractivity contribution in [1.29, 1.82) is 0 Å². The number of carbonyl (C=O) groups is 1. The number of nitrogens with zero attached hydrogens (tertiary/aromatic N) is 1. The first-order valence-electron chi connectivity index (χ1n) is 8.82. The summed E-state index contributed by atoms with van der Waals surface area (Å²) in [5.41, 5.74) is 1.19. The molecule has 0 aliphatic carbocycles. The molecule has 0 atom stereocenters. The Morgan fingerprint density at radius 2 is 1.86 bits per heavy atom. The van der Waals surface area contributed by atoms with Crippen LogP contribution in [0.15, 0.2) is 52.4 Å². The lowest BCUT2D eigenvalue weighted by molar-refractivity contribution is -0.113. The van der Waals surface area contributed by atoms with Gasteiger partial charge in [0.25, 0.3) is 10.0 Å². The van der Waals surface area contributed by atoms with Gasteiger partial charge in [-0.1, -0.05) is 35.3 Å². The maximum Gasteiger partial charge on any atom is 0.262 e. The maximum atomic E-state index is 12.5. The number of rotatable bonds is 7. The Bertz CT molecular complexity index is 1020. The fourth-order valence-corrected chi connectivity index (χ4v) is 5.39. The number of anilines is 1. The minimum absolute atomic E-state index is 0.0698. The number of hydrogen-bond acceptors (Lipinski definition) is 5. The number of aliphatic imine (C=N–C) groups is 1. The highest BCUT2D eigenvalue weighted by atomic mass is 35.5. The summed E-state index contributed by atoms with van der Waals surface area (Å²) in [6.45, 7) is 0.630. The summed E-state index contributed by atoms with van der Waals surface area (Å²) in [5, 5.41) is 3.83. The van der Waals surface area contributed by atoms with Gasteiger partial charge in [-0.25, -0.2) is 8.42 Å². The molecule has 0 unspecified atom stereocenters. The Morgan fingerprint density at radius 3 is 2.55 bits per heavy atom. The molecule has 3 rings (SSSR count). The van der Waals surface area contributed by atoms with Crippen LogP contribution < -0.4 is 10.0 Å². The Hall–Kier alpha value is -1.74. The van der Waals surface area contributed by atoms with E-state index in [1.165, 1.54) is 23.9 Å². The second kappa shape index (κ2) is 9.84. The lowest BCUT2D eigenvalue weighted by Crippen LogP contribution is -2.29. The van der Waals surface area contributed by atoms with E-state index in [1.807, 2.05) is 0 Å². The third-order valence-corrected chi connectivity index (χ3v) is 7.14. The van der Waals surface area contributed by atoms with E-state index >= 15 is 0 Å². The molecule has 10 heteroatoms. The largest absolute Gasteiger partial charge is 0.325 e. The predicted octanol–water partition coefficient (Wildman–Crippen LogP) is 4.34. The molecule has 1 aliphatic heterocycles. The third-order valence-electron chi connectivity index (χ3n) is 4.10. The number of amidine groups is 1. The van der Waals surface area contributed by atoms with Crippen LogP contribution in [0.3, 0.4) is 0 Å². The predicted molar refractivity (Wildman–Crippen MR) is 120 cm³/mol. The molecule has 0 aromatic heterocycles. The number of nitrogens with one attached hydrogen (secondary N) is 2. The first-order valence-corrected chi connectivity index (χ1v) is 12.2. The van der Waals surface area contributed by atoms with Crippen LogP contribution in [0.2, 0.25) is 10.0 Å². The van der Waals surface area contributed by atoms with E-state index in [0.29, 0.717) is 40.3 Å². The van der Waals surface area contributed by atoms with Crippen LogP contribution in [0.4, 0.5) is 5.69 Å². The Labute approximate surface area is 184 Å². The molecule has 0 spiro atoms. The van der Waals surface area contributed by atoms with Crippen LogP contribution in [0.25, 0.3) is 0 Å². The summed E-state index contributed by atoms with van der Waals surface area (Å²) in [6, 6.07) is 11.4. The number of amides is 1. The summed E-state index contributed by atoms with van der Waals surface area (Å²) in [5.74, 6) is 0.884. The molecule has 0 radical (unpaired) electrons. The summed E-state index contributed by atoms with van der Waals surface area (Å²) in [6.07, 6.45) is 1.45.